The fourth-order valence-electron chi connectivity index (χ4n) is 1.96. The molecule has 21 heavy (non-hydrogen) atoms. The molecule has 0 aliphatic rings. The van der Waals surface area contributed by atoms with Crippen LogP contribution in [0.3, 0.4) is 0 Å². The van der Waals surface area contributed by atoms with Gasteiger partial charge in [-0.3, -0.25) is 0 Å². The Hall–Kier alpha value is -2.21. The number of esters is 1. The Bertz CT molecular complexity index is 728. The van der Waals surface area contributed by atoms with Crippen molar-refractivity contribution in [2.45, 2.75) is 0 Å². The first kappa shape index (κ1) is 15.2. The Labute approximate surface area is 128 Å². The van der Waals surface area contributed by atoms with Crippen LogP contribution < -0.4 is 0 Å². The van der Waals surface area contributed by atoms with Crippen LogP contribution in [0.2, 0.25) is 0 Å². The summed E-state index contributed by atoms with van der Waals surface area (Å²) >= 11 is 3.04. The van der Waals surface area contributed by atoms with Gasteiger partial charge >= 0.3 is 11.9 Å². The lowest BCUT2D eigenvalue weighted by Gasteiger charge is -2.11. The number of aromatic carboxylic acids is 1. The number of ether oxygens (including phenoxy) is 1. The summed E-state index contributed by atoms with van der Waals surface area (Å²) in [7, 11) is 1.16. The Kier molecular flexibility index (Phi) is 4.37. The van der Waals surface area contributed by atoms with Crippen molar-refractivity contribution in [3.05, 3.63) is 57.8 Å². The van der Waals surface area contributed by atoms with Crippen LogP contribution in [0.1, 0.15) is 20.7 Å². The number of rotatable bonds is 3. The molecule has 0 aliphatic heterocycles. The van der Waals surface area contributed by atoms with Crippen molar-refractivity contribution in [3.63, 3.8) is 0 Å². The first-order valence-electron chi connectivity index (χ1n) is 5.85. The van der Waals surface area contributed by atoms with Gasteiger partial charge in [0.15, 0.2) is 0 Å². The number of carbonyl (C=O) groups is 2. The van der Waals surface area contributed by atoms with E-state index >= 15 is 0 Å². The highest BCUT2D eigenvalue weighted by Crippen LogP contribution is 2.29. The molecule has 0 fully saturated rings. The number of benzene rings is 2. The van der Waals surface area contributed by atoms with Crippen molar-refractivity contribution in [2.24, 2.45) is 0 Å². The molecule has 108 valence electrons. The van der Waals surface area contributed by atoms with Crippen LogP contribution in [0.4, 0.5) is 4.39 Å². The third-order valence-electron chi connectivity index (χ3n) is 2.91. The van der Waals surface area contributed by atoms with Crippen LogP contribution in [0.15, 0.2) is 40.9 Å². The average molecular weight is 353 g/mol. The van der Waals surface area contributed by atoms with Gasteiger partial charge in [0.2, 0.25) is 0 Å². The largest absolute Gasteiger partial charge is 0.478 e. The Morgan fingerprint density at radius 2 is 1.95 bits per heavy atom. The van der Waals surface area contributed by atoms with Gasteiger partial charge in [-0.05, 0) is 45.3 Å². The third kappa shape index (κ3) is 2.95. The van der Waals surface area contributed by atoms with Crippen LogP contribution in [-0.4, -0.2) is 24.2 Å². The predicted molar refractivity (Wildman–Crippen MR) is 77.8 cm³/mol. The van der Waals surface area contributed by atoms with E-state index < -0.39 is 17.8 Å². The van der Waals surface area contributed by atoms with Gasteiger partial charge in [0.05, 0.1) is 22.7 Å². The summed E-state index contributed by atoms with van der Waals surface area (Å²) in [6.07, 6.45) is 0. The summed E-state index contributed by atoms with van der Waals surface area (Å²) in [5, 5.41) is 9.19. The first-order valence-corrected chi connectivity index (χ1v) is 6.65. The fourth-order valence-corrected chi connectivity index (χ4v) is 2.20. The van der Waals surface area contributed by atoms with Crippen molar-refractivity contribution in [1.82, 2.24) is 0 Å². The van der Waals surface area contributed by atoms with Crippen LogP contribution >= 0.6 is 15.9 Å². The summed E-state index contributed by atoms with van der Waals surface area (Å²) in [6.45, 7) is 0. The maximum absolute atomic E-state index is 13.7. The number of carboxylic acids is 1. The second-order valence-corrected chi connectivity index (χ2v) is 5.01. The van der Waals surface area contributed by atoms with Crippen molar-refractivity contribution in [3.8, 4) is 11.1 Å². The Morgan fingerprint density at radius 3 is 2.52 bits per heavy atom. The number of hydrogen-bond donors (Lipinski definition) is 1. The molecule has 1 N–H and O–H groups in total. The van der Waals surface area contributed by atoms with E-state index in [-0.39, 0.29) is 15.6 Å². The van der Waals surface area contributed by atoms with E-state index in [0.717, 1.165) is 7.11 Å². The zero-order valence-electron chi connectivity index (χ0n) is 10.9. The minimum absolute atomic E-state index is 0.103. The van der Waals surface area contributed by atoms with Gasteiger partial charge in [0.25, 0.3) is 0 Å². The molecular weight excluding hydrogens is 343 g/mol. The molecule has 0 radical (unpaired) electrons. The minimum Gasteiger partial charge on any atom is -0.478 e. The van der Waals surface area contributed by atoms with Crippen molar-refractivity contribution >= 4 is 27.9 Å². The van der Waals surface area contributed by atoms with E-state index in [4.69, 9.17) is 0 Å². The van der Waals surface area contributed by atoms with Gasteiger partial charge in [-0.25, -0.2) is 14.0 Å². The highest BCUT2D eigenvalue weighted by Gasteiger charge is 2.22. The van der Waals surface area contributed by atoms with Gasteiger partial charge < -0.3 is 9.84 Å². The first-order chi connectivity index (χ1) is 9.95. The normalized spacial score (nSPS) is 10.2. The fraction of sp³-hybridized carbons (Fsp3) is 0.0667. The van der Waals surface area contributed by atoms with Gasteiger partial charge in [-0.2, -0.15) is 0 Å². The maximum Gasteiger partial charge on any atom is 0.339 e. The number of carboxylic acid groups (broad SMARTS) is 1. The lowest BCUT2D eigenvalue weighted by Crippen LogP contribution is -2.11. The SMILES string of the molecule is COC(=O)c1c(C(=O)O)cccc1-c1ccc(Br)c(F)c1. The third-order valence-corrected chi connectivity index (χ3v) is 3.56. The molecule has 2 aromatic carbocycles. The molecule has 0 aromatic heterocycles. The second kappa shape index (κ2) is 6.05. The molecule has 4 nitrogen and oxygen atoms in total. The van der Waals surface area contributed by atoms with E-state index in [1.54, 1.807) is 12.1 Å². The van der Waals surface area contributed by atoms with Gasteiger partial charge in [-0.15, -0.1) is 0 Å². The zero-order chi connectivity index (χ0) is 15.6. The molecular formula is C15H10BrFO4. The van der Waals surface area contributed by atoms with Gasteiger partial charge in [0.1, 0.15) is 5.82 Å². The monoisotopic (exact) mass is 352 g/mol. The van der Waals surface area contributed by atoms with E-state index in [2.05, 4.69) is 20.7 Å². The standard InChI is InChI=1S/C15H10BrFO4/c1-21-15(20)13-9(3-2-4-10(13)14(18)19)8-5-6-11(16)12(17)7-8/h2-7H,1H3,(H,18,19). The molecule has 0 aliphatic carbocycles. The molecule has 0 atom stereocenters. The van der Waals surface area contributed by atoms with Crippen molar-refractivity contribution in [1.29, 1.82) is 0 Å². The molecule has 0 saturated heterocycles. The van der Waals surface area contributed by atoms with Gasteiger partial charge in [-0.1, -0.05) is 18.2 Å². The molecule has 0 amide bonds. The lowest BCUT2D eigenvalue weighted by atomic mass is 9.95. The second-order valence-electron chi connectivity index (χ2n) is 4.15. The number of methoxy groups -OCH3 is 1. The zero-order valence-corrected chi connectivity index (χ0v) is 12.5. The maximum atomic E-state index is 13.7. The molecule has 6 heteroatoms. The molecule has 0 spiro atoms. The summed E-state index contributed by atoms with van der Waals surface area (Å²) in [5.74, 6) is -2.55. The molecule has 0 heterocycles. The number of hydrogen-bond acceptors (Lipinski definition) is 3. The Balaban J connectivity index is 2.73. The smallest absolute Gasteiger partial charge is 0.339 e. The average Bonchev–Trinajstić information content (AvgIpc) is 2.48. The summed E-state index contributed by atoms with van der Waals surface area (Å²) in [5.41, 5.74) is 0.393. The van der Waals surface area contributed by atoms with Crippen LogP contribution in [0, 0.1) is 5.82 Å². The van der Waals surface area contributed by atoms with Gasteiger partial charge in [0, 0.05) is 0 Å². The number of halogens is 2. The summed E-state index contributed by atoms with van der Waals surface area (Å²) in [6, 6.07) is 8.62. The van der Waals surface area contributed by atoms with Crippen molar-refractivity contribution < 1.29 is 23.8 Å². The van der Waals surface area contributed by atoms with Crippen molar-refractivity contribution in [2.75, 3.05) is 7.11 Å². The van der Waals surface area contributed by atoms with E-state index in [9.17, 15) is 19.1 Å². The summed E-state index contributed by atoms with van der Waals surface area (Å²) < 4.78 is 18.6. The predicted octanol–water partition coefficient (Wildman–Crippen LogP) is 3.74. The molecule has 2 aromatic rings. The highest BCUT2D eigenvalue weighted by atomic mass is 79.9. The molecule has 0 bridgehead atoms. The van der Waals surface area contributed by atoms with E-state index in [1.165, 1.54) is 24.3 Å². The Morgan fingerprint density at radius 1 is 1.24 bits per heavy atom. The van der Waals surface area contributed by atoms with E-state index in [1.807, 2.05) is 0 Å². The molecule has 0 unspecified atom stereocenters. The van der Waals surface area contributed by atoms with E-state index in [0.29, 0.717) is 11.1 Å². The minimum atomic E-state index is -1.25. The topological polar surface area (TPSA) is 63.6 Å². The number of carbonyl (C=O) groups excluding carboxylic acids is 1. The quantitative estimate of drug-likeness (QED) is 0.854. The highest BCUT2D eigenvalue weighted by molar-refractivity contribution is 9.10. The lowest BCUT2D eigenvalue weighted by molar-refractivity contribution is 0.0583. The molecule has 2 rings (SSSR count). The molecule has 0 saturated carbocycles. The van der Waals surface area contributed by atoms with Crippen LogP contribution in [0.25, 0.3) is 11.1 Å². The van der Waals surface area contributed by atoms with Crippen LogP contribution in [0.5, 0.6) is 0 Å². The van der Waals surface area contributed by atoms with Crippen LogP contribution in [-0.2, 0) is 4.74 Å². The summed E-state index contributed by atoms with van der Waals surface area (Å²) in [4.78, 5) is 23.2.